The number of hydrogen-bond donors (Lipinski definition) is 1. The molecular formula is C30H22BrClN4O3. The molecule has 0 amide bonds. The van der Waals surface area contributed by atoms with Gasteiger partial charge in [0.25, 0.3) is 0 Å². The van der Waals surface area contributed by atoms with Gasteiger partial charge in [0.15, 0.2) is 0 Å². The number of halogens is 2. The SMILES string of the molecule is CCOC(=O)c1c(CCl)n(-c2ccc(Br)cc2)c2ccc(Oc3nccc(Nc4ccccc4)c3C#N)cc12. The fraction of sp³-hybridized carbons (Fsp3) is 0.100. The van der Waals surface area contributed by atoms with Crippen LogP contribution in [0.1, 0.15) is 28.5 Å². The molecule has 0 aliphatic rings. The standard InChI is InChI=1S/C30H22BrClN4O3/c1-2-38-30(37)28-23-16-22(12-13-26(23)36(27(28)17-32)21-10-8-19(31)9-11-21)39-29-24(18-33)25(14-15-34-29)35-20-6-4-3-5-7-20/h3-16H,2,17H2,1H3,(H,34,35). The molecule has 39 heavy (non-hydrogen) atoms. The number of pyridine rings is 1. The van der Waals surface area contributed by atoms with Crippen LogP contribution in [0.3, 0.4) is 0 Å². The Labute approximate surface area is 238 Å². The van der Waals surface area contributed by atoms with E-state index in [4.69, 9.17) is 21.1 Å². The maximum Gasteiger partial charge on any atom is 0.340 e. The molecule has 7 nitrogen and oxygen atoms in total. The smallest absolute Gasteiger partial charge is 0.340 e. The van der Waals surface area contributed by atoms with Gasteiger partial charge in [-0.15, -0.1) is 11.6 Å². The van der Waals surface area contributed by atoms with Crippen molar-refractivity contribution in [1.29, 1.82) is 5.26 Å². The van der Waals surface area contributed by atoms with Gasteiger partial charge < -0.3 is 19.4 Å². The lowest BCUT2D eigenvalue weighted by Gasteiger charge is -2.12. The van der Waals surface area contributed by atoms with Crippen molar-refractivity contribution in [3.05, 3.63) is 106 Å². The molecule has 0 saturated carbocycles. The number of nitriles is 1. The summed E-state index contributed by atoms with van der Waals surface area (Å²) >= 11 is 9.87. The second-order valence-corrected chi connectivity index (χ2v) is 9.59. The fourth-order valence-corrected chi connectivity index (χ4v) is 4.87. The Morgan fingerprint density at radius 2 is 1.87 bits per heavy atom. The Hall–Kier alpha value is -4.32. The Bertz CT molecular complexity index is 1700. The molecule has 9 heteroatoms. The number of aromatic nitrogens is 2. The molecule has 5 rings (SSSR count). The van der Waals surface area contributed by atoms with Gasteiger partial charge in [-0.2, -0.15) is 5.26 Å². The van der Waals surface area contributed by atoms with E-state index in [0.717, 1.165) is 21.4 Å². The first kappa shape index (κ1) is 26.3. The fourth-order valence-electron chi connectivity index (χ4n) is 4.35. The number of alkyl halides is 1. The molecule has 0 bridgehead atoms. The summed E-state index contributed by atoms with van der Waals surface area (Å²) in [5.74, 6) is 0.155. The zero-order chi connectivity index (χ0) is 27.4. The zero-order valence-corrected chi connectivity index (χ0v) is 23.2. The van der Waals surface area contributed by atoms with Crippen molar-refractivity contribution < 1.29 is 14.3 Å². The number of esters is 1. The molecule has 0 saturated heterocycles. The number of fused-ring (bicyclic) bond motifs is 1. The minimum atomic E-state index is -0.476. The summed E-state index contributed by atoms with van der Waals surface area (Å²) in [4.78, 5) is 17.4. The molecule has 2 heterocycles. The number of anilines is 2. The number of nitrogens with zero attached hydrogens (tertiary/aromatic N) is 3. The van der Waals surface area contributed by atoms with Gasteiger partial charge in [-0.3, -0.25) is 0 Å². The highest BCUT2D eigenvalue weighted by Gasteiger charge is 2.25. The van der Waals surface area contributed by atoms with Crippen molar-refractivity contribution in [1.82, 2.24) is 9.55 Å². The maximum absolute atomic E-state index is 13.1. The van der Waals surface area contributed by atoms with Gasteiger partial charge in [0.2, 0.25) is 5.88 Å². The van der Waals surface area contributed by atoms with Gasteiger partial charge in [0.05, 0.1) is 34.9 Å². The number of rotatable bonds is 8. The van der Waals surface area contributed by atoms with Crippen LogP contribution in [-0.4, -0.2) is 22.1 Å². The first-order chi connectivity index (χ1) is 19.0. The Morgan fingerprint density at radius 3 is 2.56 bits per heavy atom. The van der Waals surface area contributed by atoms with E-state index in [1.807, 2.05) is 65.2 Å². The van der Waals surface area contributed by atoms with Crippen molar-refractivity contribution in [2.75, 3.05) is 11.9 Å². The van der Waals surface area contributed by atoms with Crippen LogP contribution in [0, 0.1) is 11.3 Å². The van der Waals surface area contributed by atoms with Crippen molar-refractivity contribution in [3.63, 3.8) is 0 Å². The minimum absolute atomic E-state index is 0.0857. The summed E-state index contributed by atoms with van der Waals surface area (Å²) in [7, 11) is 0. The van der Waals surface area contributed by atoms with E-state index in [2.05, 4.69) is 32.3 Å². The highest BCUT2D eigenvalue weighted by atomic mass is 79.9. The second kappa shape index (κ2) is 11.6. The summed E-state index contributed by atoms with van der Waals surface area (Å²) in [6, 6.07) is 26.5. The highest BCUT2D eigenvalue weighted by Crippen LogP contribution is 2.36. The minimum Gasteiger partial charge on any atom is -0.462 e. The molecule has 194 valence electrons. The number of benzene rings is 3. The summed E-state index contributed by atoms with van der Waals surface area (Å²) in [6.07, 6.45) is 1.57. The Kier molecular flexibility index (Phi) is 7.82. The van der Waals surface area contributed by atoms with Crippen LogP contribution in [0.5, 0.6) is 11.6 Å². The zero-order valence-electron chi connectivity index (χ0n) is 20.8. The summed E-state index contributed by atoms with van der Waals surface area (Å²) in [5, 5.41) is 13.8. The van der Waals surface area contributed by atoms with Crippen molar-refractivity contribution in [2.24, 2.45) is 0 Å². The predicted octanol–water partition coefficient (Wildman–Crippen LogP) is 8.11. The van der Waals surface area contributed by atoms with Crippen molar-refractivity contribution >= 4 is 55.8 Å². The molecule has 2 aromatic heterocycles. The first-order valence-corrected chi connectivity index (χ1v) is 13.4. The van der Waals surface area contributed by atoms with Crippen LogP contribution in [0.4, 0.5) is 11.4 Å². The molecule has 0 radical (unpaired) electrons. The number of nitrogens with one attached hydrogen (secondary N) is 1. The number of carbonyl (C=O) groups excluding carboxylic acids is 1. The van der Waals surface area contributed by atoms with Gasteiger partial charge in [-0.05, 0) is 67.6 Å². The van der Waals surface area contributed by atoms with Crippen molar-refractivity contribution in [3.8, 4) is 23.4 Å². The van der Waals surface area contributed by atoms with Gasteiger partial charge in [0.1, 0.15) is 17.4 Å². The van der Waals surface area contributed by atoms with Crippen LogP contribution >= 0.6 is 27.5 Å². The van der Waals surface area contributed by atoms with Crippen molar-refractivity contribution in [2.45, 2.75) is 12.8 Å². The van der Waals surface area contributed by atoms with E-state index in [1.54, 1.807) is 31.3 Å². The summed E-state index contributed by atoms with van der Waals surface area (Å²) in [5.41, 5.74) is 4.22. The normalized spacial score (nSPS) is 10.7. The lowest BCUT2D eigenvalue weighted by molar-refractivity contribution is 0.0527. The quantitative estimate of drug-likeness (QED) is 0.143. The van der Waals surface area contributed by atoms with E-state index in [-0.39, 0.29) is 23.9 Å². The largest absolute Gasteiger partial charge is 0.462 e. The third-order valence-electron chi connectivity index (χ3n) is 6.02. The van der Waals surface area contributed by atoms with Crippen LogP contribution in [0.2, 0.25) is 0 Å². The number of ether oxygens (including phenoxy) is 2. The number of para-hydroxylation sites is 1. The summed E-state index contributed by atoms with van der Waals surface area (Å²) < 4.78 is 14.4. The molecule has 0 aliphatic carbocycles. The van der Waals surface area contributed by atoms with E-state index < -0.39 is 5.97 Å². The van der Waals surface area contributed by atoms with Crippen LogP contribution in [0.25, 0.3) is 16.6 Å². The lowest BCUT2D eigenvalue weighted by Crippen LogP contribution is -2.08. The lowest BCUT2D eigenvalue weighted by atomic mass is 10.1. The predicted molar refractivity (Wildman–Crippen MR) is 155 cm³/mol. The molecule has 0 aliphatic heterocycles. The average molecular weight is 602 g/mol. The molecule has 0 atom stereocenters. The molecule has 1 N–H and O–H groups in total. The van der Waals surface area contributed by atoms with E-state index >= 15 is 0 Å². The highest BCUT2D eigenvalue weighted by molar-refractivity contribution is 9.10. The van der Waals surface area contributed by atoms with Crippen LogP contribution < -0.4 is 10.1 Å². The van der Waals surface area contributed by atoms with Crippen LogP contribution in [-0.2, 0) is 10.6 Å². The molecule has 5 aromatic rings. The third-order valence-corrected chi connectivity index (χ3v) is 6.80. The number of hydrogen-bond acceptors (Lipinski definition) is 6. The maximum atomic E-state index is 13.1. The molecule has 0 spiro atoms. The third kappa shape index (κ3) is 5.32. The average Bonchev–Trinajstić information content (AvgIpc) is 3.28. The van der Waals surface area contributed by atoms with Gasteiger partial charge >= 0.3 is 5.97 Å². The molecule has 0 fully saturated rings. The topological polar surface area (TPSA) is 89.2 Å². The second-order valence-electron chi connectivity index (χ2n) is 8.41. The van der Waals surface area contributed by atoms with E-state index in [1.165, 1.54) is 0 Å². The molecule has 3 aromatic carbocycles. The summed E-state index contributed by atoms with van der Waals surface area (Å²) in [6.45, 7) is 1.98. The Balaban J connectivity index is 1.61. The van der Waals surface area contributed by atoms with Gasteiger partial charge in [-0.25, -0.2) is 9.78 Å². The van der Waals surface area contributed by atoms with Crippen LogP contribution in [0.15, 0.2) is 89.5 Å². The first-order valence-electron chi connectivity index (χ1n) is 12.1. The molecule has 0 unspecified atom stereocenters. The number of carbonyl (C=O) groups is 1. The Morgan fingerprint density at radius 1 is 1.10 bits per heavy atom. The monoisotopic (exact) mass is 600 g/mol. The van der Waals surface area contributed by atoms with E-state index in [0.29, 0.717) is 28.1 Å². The van der Waals surface area contributed by atoms with Gasteiger partial charge in [0, 0.05) is 27.4 Å². The van der Waals surface area contributed by atoms with Gasteiger partial charge in [-0.1, -0.05) is 34.1 Å². The van der Waals surface area contributed by atoms with E-state index in [9.17, 15) is 10.1 Å². The molecular weight excluding hydrogens is 580 g/mol.